The van der Waals surface area contributed by atoms with Crippen LogP contribution in [0.2, 0.25) is 0 Å². The van der Waals surface area contributed by atoms with Crippen molar-refractivity contribution in [3.8, 4) is 0 Å². The number of carbonyl (C=O) groups is 4. The molecule has 1 atom stereocenters. The maximum absolute atomic E-state index is 14.4. The Morgan fingerprint density at radius 2 is 0.679 bits per heavy atom. The molecular formula is C56H52Cl2F12N4O4. The molecule has 1 unspecified atom stereocenters. The number of benzene rings is 6. The van der Waals surface area contributed by atoms with E-state index >= 15 is 0 Å². The van der Waals surface area contributed by atoms with Crippen LogP contribution in [0.3, 0.4) is 0 Å². The minimum atomic E-state index is -4.73. The molecule has 22 heteroatoms. The van der Waals surface area contributed by atoms with Crippen LogP contribution in [-0.2, 0) is 23.2 Å². The summed E-state index contributed by atoms with van der Waals surface area (Å²) in [5.74, 6) is -1.20. The number of hydrogen-bond acceptors (Lipinski definition) is 6. The van der Waals surface area contributed by atoms with Crippen LogP contribution in [0.1, 0.15) is 128 Å². The van der Waals surface area contributed by atoms with E-state index in [1.54, 1.807) is 13.8 Å². The lowest BCUT2D eigenvalue weighted by molar-refractivity contribution is -0.173. The number of alkyl halides is 12. The summed E-state index contributed by atoms with van der Waals surface area (Å²) in [5, 5.41) is 3.42. The molecule has 0 aliphatic heterocycles. The second-order valence-corrected chi connectivity index (χ2v) is 19.1. The minimum Gasteiger partial charge on any atom is -0.398 e. The number of rotatable bonds is 9. The van der Waals surface area contributed by atoms with E-state index in [-0.39, 0.29) is 83.8 Å². The number of amides is 2. The molecule has 0 bridgehead atoms. The summed E-state index contributed by atoms with van der Waals surface area (Å²) in [6.45, 7) is 12.1. The van der Waals surface area contributed by atoms with Crippen molar-refractivity contribution >= 4 is 62.6 Å². The van der Waals surface area contributed by atoms with Gasteiger partial charge in [-0.3, -0.25) is 19.2 Å². The van der Waals surface area contributed by atoms with Crippen molar-refractivity contribution in [3.63, 3.8) is 0 Å². The first-order valence-electron chi connectivity index (χ1n) is 23.1. The number of nitrogens with one attached hydrogen (secondary N) is 2. The summed E-state index contributed by atoms with van der Waals surface area (Å²) >= 11 is 10.6. The Kier molecular flexibility index (Phi) is 19.1. The molecule has 6 aromatic carbocycles. The third-order valence-electron chi connectivity index (χ3n) is 14.0. The summed E-state index contributed by atoms with van der Waals surface area (Å²) in [7, 11) is 1.41. The summed E-state index contributed by atoms with van der Waals surface area (Å²) in [6.07, 6.45) is -18.4. The molecule has 6 N–H and O–H groups in total. The van der Waals surface area contributed by atoms with Gasteiger partial charge in [0.15, 0.2) is 0 Å². The van der Waals surface area contributed by atoms with Crippen LogP contribution in [0.4, 0.5) is 69.7 Å². The molecule has 8 nitrogen and oxygen atoms in total. The lowest BCUT2D eigenvalue weighted by atomic mass is 9.75. The zero-order valence-electron chi connectivity index (χ0n) is 43.3. The first kappa shape index (κ1) is 63.5. The summed E-state index contributed by atoms with van der Waals surface area (Å²) in [5.41, 5.74) is 6.42. The lowest BCUT2D eigenvalue weighted by Gasteiger charge is -2.33. The van der Waals surface area contributed by atoms with Crippen LogP contribution in [-0.4, -0.2) is 41.7 Å². The Morgan fingerprint density at radius 1 is 0.397 bits per heavy atom. The van der Waals surface area contributed by atoms with Crippen molar-refractivity contribution < 1.29 is 71.9 Å². The van der Waals surface area contributed by atoms with Gasteiger partial charge in [-0.1, -0.05) is 48.5 Å². The lowest BCUT2D eigenvalue weighted by Crippen LogP contribution is -2.40. The molecule has 0 heterocycles. The van der Waals surface area contributed by atoms with Gasteiger partial charge in [0.2, 0.25) is 0 Å². The van der Waals surface area contributed by atoms with Gasteiger partial charge in [-0.15, -0.1) is 0 Å². The number of carbonyl (C=O) groups excluding carboxylic acids is 4. The standard InChI is InChI=1S/C29H28F6N2O2.C17H11Cl2F3O2.C10H13F3N2/c1-15-16(2)23(28(30,31)32)18(4)24(17(15)3)37-26(39)20-9-13-22(14-10-20)27(5,29(33,34)35)21-11-7-19(8-12-21)25(38)36-6;1-16(17(20,21)22,12-6-2-10(3-7-12)14(18)23)13-8-4-11(5-9-13)15(19)24;1-4-7(10(11,12)13)5(2)9(15)6(3)8(4)14/h7-14H,1-6H3,(H,36,38)(H,37,39);2-9H,1H3;14-15H2,1-3H3. The molecule has 0 fully saturated rings. The quantitative estimate of drug-likeness (QED) is 0.0645. The predicted octanol–water partition coefficient (Wildman–Crippen LogP) is 15.5. The van der Waals surface area contributed by atoms with Crippen molar-refractivity contribution in [1.82, 2.24) is 5.32 Å². The van der Waals surface area contributed by atoms with Crippen molar-refractivity contribution in [2.75, 3.05) is 23.8 Å². The van der Waals surface area contributed by atoms with Crippen LogP contribution in [0.5, 0.6) is 0 Å². The number of anilines is 3. The Bertz CT molecular complexity index is 3140. The molecule has 0 aromatic heterocycles. The highest BCUT2D eigenvalue weighted by Gasteiger charge is 2.54. The van der Waals surface area contributed by atoms with Crippen molar-refractivity contribution in [3.05, 3.63) is 192 Å². The molecule has 6 aromatic rings. The largest absolute Gasteiger partial charge is 0.417 e. The molecule has 2 amide bonds. The highest BCUT2D eigenvalue weighted by atomic mass is 35.5. The first-order chi connectivity index (χ1) is 35.7. The molecule has 6 rings (SSSR count). The molecular weight excluding hydrogens is 1090 g/mol. The predicted molar refractivity (Wildman–Crippen MR) is 277 cm³/mol. The molecule has 0 radical (unpaired) electrons. The molecule has 0 spiro atoms. The molecule has 0 aliphatic carbocycles. The van der Waals surface area contributed by atoms with Gasteiger partial charge in [-0.25, -0.2) is 0 Å². The second kappa shape index (κ2) is 23.5. The van der Waals surface area contributed by atoms with Crippen LogP contribution < -0.4 is 22.1 Å². The van der Waals surface area contributed by atoms with E-state index in [9.17, 15) is 71.9 Å². The van der Waals surface area contributed by atoms with E-state index < -0.39 is 69.0 Å². The van der Waals surface area contributed by atoms with Crippen LogP contribution in [0, 0.1) is 48.5 Å². The van der Waals surface area contributed by atoms with Gasteiger partial charge in [-0.2, -0.15) is 52.7 Å². The molecule has 0 saturated carbocycles. The minimum absolute atomic E-state index is 0.0100. The van der Waals surface area contributed by atoms with Gasteiger partial charge in [-0.05, 0) is 195 Å². The van der Waals surface area contributed by atoms with E-state index in [0.717, 1.165) is 26.0 Å². The zero-order chi connectivity index (χ0) is 59.6. The number of nitrogens with two attached hydrogens (primary N) is 2. The molecule has 418 valence electrons. The zero-order valence-corrected chi connectivity index (χ0v) is 44.8. The monoisotopic (exact) mass is 1140 g/mol. The fourth-order valence-electron chi connectivity index (χ4n) is 8.74. The van der Waals surface area contributed by atoms with E-state index in [4.69, 9.17) is 34.7 Å². The average Bonchev–Trinajstić information content (AvgIpc) is 3.37. The Morgan fingerprint density at radius 3 is 0.949 bits per heavy atom. The van der Waals surface area contributed by atoms with E-state index in [1.807, 2.05) is 0 Å². The summed E-state index contributed by atoms with van der Waals surface area (Å²) in [6, 6.07) is 19.6. The number of hydrogen-bond donors (Lipinski definition) is 4. The van der Waals surface area contributed by atoms with Crippen molar-refractivity contribution in [1.29, 1.82) is 0 Å². The maximum atomic E-state index is 14.4. The van der Waals surface area contributed by atoms with Gasteiger partial charge in [0.1, 0.15) is 10.8 Å². The Balaban J connectivity index is 0.000000284. The van der Waals surface area contributed by atoms with Gasteiger partial charge in [0, 0.05) is 46.4 Å². The maximum Gasteiger partial charge on any atom is 0.417 e. The van der Waals surface area contributed by atoms with Crippen molar-refractivity contribution in [2.24, 2.45) is 0 Å². The van der Waals surface area contributed by atoms with Crippen LogP contribution >= 0.6 is 23.2 Å². The van der Waals surface area contributed by atoms with Gasteiger partial charge >= 0.3 is 24.7 Å². The van der Waals surface area contributed by atoms with Crippen LogP contribution in [0.15, 0.2) is 97.1 Å². The Hall–Kier alpha value is -7.06. The normalized spacial score (nSPS) is 12.8. The average molecular weight is 1140 g/mol. The third-order valence-corrected chi connectivity index (χ3v) is 14.4. The Labute approximate surface area is 451 Å². The first-order valence-corrected chi connectivity index (χ1v) is 23.8. The number of nitrogen functional groups attached to an aromatic ring is 2. The fourth-order valence-corrected chi connectivity index (χ4v) is 8.99. The van der Waals surface area contributed by atoms with E-state index in [0.29, 0.717) is 16.7 Å². The highest BCUT2D eigenvalue weighted by molar-refractivity contribution is 6.68. The van der Waals surface area contributed by atoms with E-state index in [2.05, 4.69) is 10.6 Å². The fraction of sp³-hybridized carbons (Fsp3) is 0.286. The smallest absolute Gasteiger partial charge is 0.398 e. The topological polar surface area (TPSA) is 144 Å². The molecule has 0 aliphatic rings. The SMILES string of the molecule is CC(c1ccc(C(=O)Cl)cc1)(c1ccc(C(=O)Cl)cc1)C(F)(F)F.CNC(=O)c1ccc(C(C)(c2ccc(C(=O)Nc3c(C)c(C)c(C)c(C(F)(F)F)c3C)cc2)C(F)(F)F)cc1.Cc1c(N)c(C)c(C(F)(F)F)c(C)c1N. The number of halogens is 14. The second-order valence-electron chi connectivity index (χ2n) is 18.5. The molecule has 78 heavy (non-hydrogen) atoms. The van der Waals surface area contributed by atoms with E-state index in [1.165, 1.54) is 127 Å². The summed E-state index contributed by atoms with van der Waals surface area (Å²) in [4.78, 5) is 46.9. The summed E-state index contributed by atoms with van der Waals surface area (Å²) < 4.78 is 164. The van der Waals surface area contributed by atoms with Gasteiger partial charge in [0.25, 0.3) is 22.3 Å². The highest BCUT2D eigenvalue weighted by Crippen LogP contribution is 2.48. The van der Waals surface area contributed by atoms with Crippen LogP contribution in [0.25, 0.3) is 0 Å². The third kappa shape index (κ3) is 12.9. The molecule has 0 saturated heterocycles. The van der Waals surface area contributed by atoms with Gasteiger partial charge in [0.05, 0.1) is 11.1 Å². The van der Waals surface area contributed by atoms with Crippen molar-refractivity contribution in [2.45, 2.75) is 97.8 Å². The van der Waals surface area contributed by atoms with Gasteiger partial charge < -0.3 is 22.1 Å².